The molecule has 4 nitrogen and oxygen atoms in total. The fraction of sp³-hybridized carbons (Fsp3) is 0.0909. The van der Waals surface area contributed by atoms with Crippen LogP contribution in [0.2, 0.25) is 0 Å². The molecule has 0 radical (unpaired) electrons. The molecule has 0 saturated carbocycles. The van der Waals surface area contributed by atoms with Gasteiger partial charge in [0.15, 0.2) is 0 Å². The minimum Gasteiger partial charge on any atom is 0 e. The molecule has 80 valence electrons. The van der Waals surface area contributed by atoms with Crippen LogP contribution in [-0.2, 0) is 31.3 Å². The second kappa shape index (κ2) is 29.2. The average Bonchev–Trinajstić information content (AvgIpc) is 2.65. The summed E-state index contributed by atoms with van der Waals surface area (Å²) in [5, 5.41) is 8.44. The van der Waals surface area contributed by atoms with Crippen molar-refractivity contribution in [3.8, 4) is 6.07 Å². The summed E-state index contributed by atoms with van der Waals surface area (Å²) in [5.74, 6) is -0.0417. The van der Waals surface area contributed by atoms with Crippen LogP contribution >= 0.6 is 0 Å². The first-order valence-corrected chi connectivity index (χ1v) is 3.46. The van der Waals surface area contributed by atoms with E-state index in [9.17, 15) is 0 Å². The summed E-state index contributed by atoms with van der Waals surface area (Å²) >= 11 is 0. The normalized spacial score (nSPS) is 10.1. The molecule has 0 aromatic carbocycles. The summed E-state index contributed by atoms with van der Waals surface area (Å²) in [6.07, 6.45) is 11.3. The molecule has 0 heterocycles. The summed E-state index contributed by atoms with van der Waals surface area (Å²) in [5.41, 5.74) is 0. The van der Waals surface area contributed by atoms with Crippen LogP contribution in [0.15, 0.2) is 36.5 Å². The van der Waals surface area contributed by atoms with Crippen LogP contribution in [0.4, 0.5) is 0 Å². The third-order valence-corrected chi connectivity index (χ3v) is 1.12. The van der Waals surface area contributed by atoms with Gasteiger partial charge in [0.1, 0.15) is 0 Å². The molecule has 1 aliphatic carbocycles. The smallest absolute Gasteiger partial charge is 0 e. The van der Waals surface area contributed by atoms with Crippen LogP contribution in [0.3, 0.4) is 0 Å². The van der Waals surface area contributed by atoms with Gasteiger partial charge in [0.05, 0.1) is 12.0 Å². The van der Waals surface area contributed by atoms with E-state index in [4.69, 9.17) is 19.2 Å². The fourth-order valence-electron chi connectivity index (χ4n) is 0.646. The van der Waals surface area contributed by atoms with Crippen molar-refractivity contribution in [3.63, 3.8) is 0 Å². The van der Waals surface area contributed by atoms with Gasteiger partial charge in [0.2, 0.25) is 0 Å². The van der Waals surface area contributed by atoms with Gasteiger partial charge in [-0.15, -0.1) is 0 Å². The maximum Gasteiger partial charge on any atom is 0 e. The minimum atomic E-state index is -0.0417. The second-order valence-electron chi connectivity index (χ2n) is 1.81. The molecule has 0 spiro atoms. The van der Waals surface area contributed by atoms with Crippen LogP contribution < -0.4 is 0 Å². The van der Waals surface area contributed by atoms with E-state index in [0.29, 0.717) is 0 Å². The van der Waals surface area contributed by atoms with Crippen molar-refractivity contribution >= 4 is 0 Å². The molecular formula is C11H7CrNO3. The monoisotopic (exact) mass is 253 g/mol. The third-order valence-electron chi connectivity index (χ3n) is 1.12. The van der Waals surface area contributed by atoms with Gasteiger partial charge in [-0.05, 0) is 0 Å². The third kappa shape index (κ3) is 18.3. The summed E-state index contributed by atoms with van der Waals surface area (Å²) in [6.45, 7) is 13.5. The minimum absolute atomic E-state index is 0. The van der Waals surface area contributed by atoms with Gasteiger partial charge >= 0.3 is 33.9 Å². The number of allylic oxidation sites excluding steroid dienone is 6. The van der Waals surface area contributed by atoms with Crippen molar-refractivity contribution in [1.82, 2.24) is 0 Å². The Labute approximate surface area is 105 Å². The van der Waals surface area contributed by atoms with Gasteiger partial charge in [-0.2, -0.15) is 5.26 Å². The number of rotatable bonds is 0. The molecular weight excluding hydrogens is 246 g/mol. The van der Waals surface area contributed by atoms with E-state index in [1.807, 2.05) is 36.5 Å². The number of nitrogens with zero attached hydrogens (tertiary/aromatic N) is 1. The van der Waals surface area contributed by atoms with Gasteiger partial charge in [-0.1, -0.05) is 36.5 Å². The Balaban J connectivity index is -0.0000000900. The van der Waals surface area contributed by atoms with Crippen LogP contribution in [0, 0.1) is 37.2 Å². The predicted octanol–water partition coefficient (Wildman–Crippen LogP) is 1.69. The molecule has 5 heteroatoms. The SMILES string of the molecule is N#CC1C=CC=CC=C1.[C-]#[O+].[C-]#[O+].[C-]#[O+].[Cr]. The van der Waals surface area contributed by atoms with Crippen LogP contribution in [0.1, 0.15) is 0 Å². The molecule has 16 heavy (non-hydrogen) atoms. The summed E-state index contributed by atoms with van der Waals surface area (Å²) in [4.78, 5) is 0. The topological polar surface area (TPSA) is 83.5 Å². The molecule has 1 rings (SSSR count). The van der Waals surface area contributed by atoms with Crippen molar-refractivity contribution in [2.45, 2.75) is 0 Å². The first-order valence-electron chi connectivity index (χ1n) is 3.46. The number of nitriles is 1. The Morgan fingerprint density at radius 2 is 1.12 bits per heavy atom. The first kappa shape index (κ1) is 23.9. The zero-order chi connectivity index (χ0) is 12.5. The Morgan fingerprint density at radius 3 is 1.38 bits per heavy atom. The van der Waals surface area contributed by atoms with Gasteiger partial charge in [0.25, 0.3) is 0 Å². The molecule has 0 N–H and O–H groups in total. The van der Waals surface area contributed by atoms with E-state index < -0.39 is 0 Å². The zero-order valence-corrected chi connectivity index (χ0v) is 9.40. The second-order valence-corrected chi connectivity index (χ2v) is 1.81. The summed E-state index contributed by atoms with van der Waals surface area (Å²) < 4.78 is 22.5. The maximum absolute atomic E-state index is 8.44. The molecule has 1 aliphatic rings. The average molecular weight is 253 g/mol. The Kier molecular flexibility index (Phi) is 43.7. The van der Waals surface area contributed by atoms with Gasteiger partial charge in [-0.3, -0.25) is 0 Å². The fourth-order valence-corrected chi connectivity index (χ4v) is 0.646. The van der Waals surface area contributed by atoms with E-state index in [-0.39, 0.29) is 23.3 Å². The quantitative estimate of drug-likeness (QED) is 0.477. The molecule has 0 aromatic heterocycles. The summed E-state index contributed by atoms with van der Waals surface area (Å²) in [6, 6.07) is 2.13. The Bertz CT molecular complexity index is 288. The van der Waals surface area contributed by atoms with Crippen molar-refractivity contribution in [2.75, 3.05) is 0 Å². The van der Waals surface area contributed by atoms with Crippen molar-refractivity contribution in [1.29, 1.82) is 5.26 Å². The van der Waals surface area contributed by atoms with Gasteiger partial charge < -0.3 is 0 Å². The zero-order valence-electron chi connectivity index (χ0n) is 8.12. The molecule has 0 amide bonds. The number of hydrogen-bond donors (Lipinski definition) is 0. The van der Waals surface area contributed by atoms with Crippen molar-refractivity contribution in [2.24, 2.45) is 5.92 Å². The predicted molar refractivity (Wildman–Crippen MR) is 48.3 cm³/mol. The van der Waals surface area contributed by atoms with Crippen molar-refractivity contribution in [3.05, 3.63) is 56.4 Å². The van der Waals surface area contributed by atoms with Gasteiger partial charge in [-0.25, -0.2) is 0 Å². The standard InChI is InChI=1S/C8H7N.3CO.Cr/c9-7-8-5-3-1-2-4-6-8;3*1-2;/h1-6,8H;;;;. The van der Waals surface area contributed by atoms with Gasteiger partial charge in [0, 0.05) is 17.4 Å². The Morgan fingerprint density at radius 1 is 0.812 bits per heavy atom. The number of hydrogen-bond acceptors (Lipinski definition) is 1. The van der Waals surface area contributed by atoms with E-state index in [1.54, 1.807) is 0 Å². The first-order chi connectivity index (χ1) is 7.43. The summed E-state index contributed by atoms with van der Waals surface area (Å²) in [7, 11) is 0. The van der Waals surface area contributed by atoms with Crippen LogP contribution in [-0.4, -0.2) is 0 Å². The largest absolute Gasteiger partial charge is 0 e. The van der Waals surface area contributed by atoms with E-state index >= 15 is 0 Å². The molecule has 0 fully saturated rings. The molecule has 0 aromatic rings. The van der Waals surface area contributed by atoms with Crippen LogP contribution in [0.5, 0.6) is 0 Å². The van der Waals surface area contributed by atoms with Crippen LogP contribution in [0.25, 0.3) is 0 Å². The van der Waals surface area contributed by atoms with E-state index in [0.717, 1.165) is 0 Å². The van der Waals surface area contributed by atoms with Crippen molar-refractivity contribution < 1.29 is 31.3 Å². The molecule has 0 unspecified atom stereocenters. The molecule has 0 aliphatic heterocycles. The maximum atomic E-state index is 8.44. The molecule has 0 saturated heterocycles. The molecule has 0 atom stereocenters. The molecule has 0 bridgehead atoms. The van der Waals surface area contributed by atoms with E-state index in [2.05, 4.69) is 26.0 Å². The van der Waals surface area contributed by atoms with E-state index in [1.165, 1.54) is 0 Å². The Hall–Kier alpha value is -1.54.